The minimum absolute atomic E-state index is 0.321. The molecule has 0 unspecified atom stereocenters. The fraction of sp³-hybridized carbons (Fsp3) is 0.286. The molecule has 0 aliphatic carbocycles. The molecule has 0 N–H and O–H groups in total. The zero-order valence-electron chi connectivity index (χ0n) is 15.5. The van der Waals surface area contributed by atoms with Gasteiger partial charge in [-0.1, -0.05) is 54.6 Å². The summed E-state index contributed by atoms with van der Waals surface area (Å²) in [7, 11) is -0.324. The molecule has 0 atom stereocenters. The summed E-state index contributed by atoms with van der Waals surface area (Å²) in [6.45, 7) is 8.29. The van der Waals surface area contributed by atoms with Gasteiger partial charge < -0.3 is 9.31 Å². The summed E-state index contributed by atoms with van der Waals surface area (Å²) < 4.78 is 12.3. The van der Waals surface area contributed by atoms with Gasteiger partial charge in [-0.3, -0.25) is 0 Å². The predicted octanol–water partition coefficient (Wildman–Crippen LogP) is 4.78. The molecule has 1 aromatic heterocycles. The van der Waals surface area contributed by atoms with Crippen LogP contribution in [0.4, 0.5) is 0 Å². The van der Waals surface area contributed by atoms with Crippen LogP contribution in [0.2, 0.25) is 0 Å². The van der Waals surface area contributed by atoms with Crippen molar-refractivity contribution in [2.45, 2.75) is 38.9 Å². The van der Waals surface area contributed by atoms with E-state index in [1.807, 2.05) is 24.4 Å². The Morgan fingerprint density at radius 2 is 1.42 bits per heavy atom. The molecule has 0 saturated carbocycles. The number of aromatic nitrogens is 1. The van der Waals surface area contributed by atoms with E-state index in [4.69, 9.17) is 9.31 Å². The summed E-state index contributed by atoms with van der Waals surface area (Å²) in [6, 6.07) is 18.7. The summed E-state index contributed by atoms with van der Waals surface area (Å²) in [5.74, 6) is 0. The molecule has 4 rings (SSSR count). The van der Waals surface area contributed by atoms with Crippen molar-refractivity contribution in [3.63, 3.8) is 0 Å². The van der Waals surface area contributed by atoms with Crippen molar-refractivity contribution in [3.8, 4) is 21.0 Å². The van der Waals surface area contributed by atoms with Crippen LogP contribution in [0.5, 0.6) is 0 Å². The Hall–Kier alpha value is -1.95. The van der Waals surface area contributed by atoms with Crippen LogP contribution >= 0.6 is 11.3 Å². The van der Waals surface area contributed by atoms with Crippen LogP contribution in [0.1, 0.15) is 27.7 Å². The Morgan fingerprint density at radius 1 is 0.808 bits per heavy atom. The Morgan fingerprint density at radius 3 is 2.04 bits per heavy atom. The zero-order valence-corrected chi connectivity index (χ0v) is 16.3. The minimum Gasteiger partial charge on any atom is -0.399 e. The van der Waals surface area contributed by atoms with Crippen molar-refractivity contribution >= 4 is 23.9 Å². The highest BCUT2D eigenvalue weighted by Gasteiger charge is 2.51. The van der Waals surface area contributed by atoms with E-state index < -0.39 is 0 Å². The van der Waals surface area contributed by atoms with Gasteiger partial charge >= 0.3 is 7.12 Å². The summed E-state index contributed by atoms with van der Waals surface area (Å²) in [5, 5.41) is 1.04. The van der Waals surface area contributed by atoms with Crippen LogP contribution in [-0.4, -0.2) is 23.3 Å². The van der Waals surface area contributed by atoms with E-state index >= 15 is 0 Å². The van der Waals surface area contributed by atoms with Gasteiger partial charge in [0.25, 0.3) is 0 Å². The Kier molecular flexibility index (Phi) is 4.26. The molecule has 26 heavy (non-hydrogen) atoms. The molecule has 2 aromatic carbocycles. The van der Waals surface area contributed by atoms with E-state index in [1.54, 1.807) is 11.3 Å². The first kappa shape index (κ1) is 17.5. The van der Waals surface area contributed by atoms with Crippen molar-refractivity contribution in [1.29, 1.82) is 0 Å². The van der Waals surface area contributed by atoms with Crippen LogP contribution < -0.4 is 5.46 Å². The number of benzene rings is 2. The lowest BCUT2D eigenvalue weighted by Gasteiger charge is -2.32. The maximum atomic E-state index is 6.13. The topological polar surface area (TPSA) is 31.4 Å². The standard InChI is InChI=1S/C21H22BNO2S/c1-20(2)21(3,4)25-22(24-20)17-12-10-15(11-13-17)18-14-23-19(26-18)16-8-6-5-7-9-16/h5-14H,1-4H3. The van der Waals surface area contributed by atoms with Crippen molar-refractivity contribution in [2.24, 2.45) is 0 Å². The third-order valence-corrected chi connectivity index (χ3v) is 6.34. The summed E-state index contributed by atoms with van der Waals surface area (Å²) in [5.41, 5.74) is 2.71. The van der Waals surface area contributed by atoms with Gasteiger partial charge in [0.15, 0.2) is 0 Å². The maximum Gasteiger partial charge on any atom is 0.494 e. The predicted molar refractivity (Wildman–Crippen MR) is 109 cm³/mol. The summed E-state index contributed by atoms with van der Waals surface area (Å²) in [6.07, 6.45) is 1.94. The van der Waals surface area contributed by atoms with Crippen LogP contribution in [0.15, 0.2) is 60.8 Å². The summed E-state index contributed by atoms with van der Waals surface area (Å²) in [4.78, 5) is 5.73. The van der Waals surface area contributed by atoms with Crippen LogP contribution in [0.25, 0.3) is 21.0 Å². The van der Waals surface area contributed by atoms with Crippen molar-refractivity contribution in [3.05, 3.63) is 60.8 Å². The molecule has 0 radical (unpaired) electrons. The fourth-order valence-electron chi connectivity index (χ4n) is 2.91. The van der Waals surface area contributed by atoms with Crippen molar-refractivity contribution in [2.75, 3.05) is 0 Å². The van der Waals surface area contributed by atoms with E-state index in [0.29, 0.717) is 0 Å². The fourth-order valence-corrected chi connectivity index (χ4v) is 3.83. The lowest BCUT2D eigenvalue weighted by Crippen LogP contribution is -2.41. The largest absolute Gasteiger partial charge is 0.494 e. The molecule has 1 aliphatic rings. The van der Waals surface area contributed by atoms with Gasteiger partial charge in [-0.15, -0.1) is 11.3 Å². The zero-order chi connectivity index (χ0) is 18.4. The summed E-state index contributed by atoms with van der Waals surface area (Å²) >= 11 is 1.70. The van der Waals surface area contributed by atoms with E-state index in [1.165, 1.54) is 0 Å². The first-order valence-corrected chi connectivity index (χ1v) is 9.65. The first-order valence-electron chi connectivity index (χ1n) is 8.83. The lowest BCUT2D eigenvalue weighted by atomic mass is 9.79. The normalized spacial score (nSPS) is 18.2. The van der Waals surface area contributed by atoms with E-state index in [-0.39, 0.29) is 18.3 Å². The van der Waals surface area contributed by atoms with Crippen LogP contribution in [0.3, 0.4) is 0 Å². The smallest absolute Gasteiger partial charge is 0.399 e. The molecular formula is C21H22BNO2S. The van der Waals surface area contributed by atoms with Gasteiger partial charge in [-0.05, 0) is 38.7 Å². The van der Waals surface area contributed by atoms with Gasteiger partial charge in [0, 0.05) is 11.8 Å². The monoisotopic (exact) mass is 363 g/mol. The van der Waals surface area contributed by atoms with Gasteiger partial charge in [0.2, 0.25) is 0 Å². The van der Waals surface area contributed by atoms with Gasteiger partial charge in [-0.25, -0.2) is 4.98 Å². The molecule has 3 aromatic rings. The molecule has 2 heterocycles. The van der Waals surface area contributed by atoms with E-state index in [0.717, 1.165) is 26.5 Å². The minimum atomic E-state index is -0.324. The van der Waals surface area contributed by atoms with Crippen LogP contribution in [-0.2, 0) is 9.31 Å². The molecule has 5 heteroatoms. The van der Waals surface area contributed by atoms with Gasteiger partial charge in [-0.2, -0.15) is 0 Å². The highest BCUT2D eigenvalue weighted by atomic mass is 32.1. The third-order valence-electron chi connectivity index (χ3n) is 5.25. The quantitative estimate of drug-likeness (QED) is 0.628. The van der Waals surface area contributed by atoms with Crippen molar-refractivity contribution in [1.82, 2.24) is 4.98 Å². The van der Waals surface area contributed by atoms with E-state index in [2.05, 4.69) is 69.1 Å². The number of hydrogen-bond donors (Lipinski definition) is 0. The number of thiazole rings is 1. The highest BCUT2D eigenvalue weighted by molar-refractivity contribution is 7.18. The second-order valence-electron chi connectivity index (χ2n) is 7.61. The first-order chi connectivity index (χ1) is 12.4. The van der Waals surface area contributed by atoms with Crippen molar-refractivity contribution < 1.29 is 9.31 Å². The molecule has 0 bridgehead atoms. The molecular weight excluding hydrogens is 341 g/mol. The second-order valence-corrected chi connectivity index (χ2v) is 8.64. The average Bonchev–Trinajstić information content (AvgIpc) is 3.19. The Bertz CT molecular complexity index is 887. The number of rotatable bonds is 3. The second kappa shape index (κ2) is 6.34. The lowest BCUT2D eigenvalue weighted by molar-refractivity contribution is 0.00578. The third kappa shape index (κ3) is 3.11. The number of hydrogen-bond acceptors (Lipinski definition) is 4. The Labute approximate surface area is 159 Å². The number of nitrogens with zero attached hydrogens (tertiary/aromatic N) is 1. The maximum absolute atomic E-state index is 6.13. The molecule has 1 fully saturated rings. The molecule has 132 valence electrons. The Balaban J connectivity index is 1.55. The van der Waals surface area contributed by atoms with E-state index in [9.17, 15) is 0 Å². The highest BCUT2D eigenvalue weighted by Crippen LogP contribution is 2.37. The van der Waals surface area contributed by atoms with Gasteiger partial charge in [0.05, 0.1) is 16.1 Å². The van der Waals surface area contributed by atoms with Crippen LogP contribution in [0, 0.1) is 0 Å². The molecule has 1 saturated heterocycles. The molecule has 3 nitrogen and oxygen atoms in total. The molecule has 1 aliphatic heterocycles. The van der Waals surface area contributed by atoms with Gasteiger partial charge in [0.1, 0.15) is 5.01 Å². The molecule has 0 amide bonds. The SMILES string of the molecule is CC1(C)OB(c2ccc(-c3cnc(-c4ccccc4)s3)cc2)OC1(C)C. The molecule has 0 spiro atoms. The average molecular weight is 363 g/mol.